The number of aromatic nitrogens is 2. The predicted octanol–water partition coefficient (Wildman–Crippen LogP) is 3.01. The molecule has 1 aromatic carbocycles. The fourth-order valence-corrected chi connectivity index (χ4v) is 3.44. The molecule has 0 aliphatic carbocycles. The molecule has 166 valence electrons. The van der Waals surface area contributed by atoms with Gasteiger partial charge in [0, 0.05) is 31.7 Å². The van der Waals surface area contributed by atoms with Gasteiger partial charge in [-0.3, -0.25) is 4.79 Å². The first-order valence-corrected chi connectivity index (χ1v) is 10.5. The Hall–Kier alpha value is -3.07. The van der Waals surface area contributed by atoms with Crippen molar-refractivity contribution in [3.8, 4) is 11.6 Å². The molecule has 2 amide bonds. The largest absolute Gasteiger partial charge is 0.465 e. The van der Waals surface area contributed by atoms with Crippen molar-refractivity contribution in [1.82, 2.24) is 20.2 Å². The summed E-state index contributed by atoms with van der Waals surface area (Å²) >= 11 is 6.21. The number of nitrogens with zero attached hydrogens (tertiary/aromatic N) is 4. The number of benzene rings is 1. The van der Waals surface area contributed by atoms with Gasteiger partial charge in [-0.25, -0.2) is 14.8 Å². The van der Waals surface area contributed by atoms with E-state index in [1.54, 1.807) is 24.0 Å². The van der Waals surface area contributed by atoms with Crippen LogP contribution in [0.4, 0.5) is 10.6 Å². The number of halogens is 1. The molecule has 1 aliphatic heterocycles. The van der Waals surface area contributed by atoms with Crippen LogP contribution in [0, 0.1) is 6.92 Å². The molecule has 0 radical (unpaired) electrons. The molecule has 0 saturated carbocycles. The third kappa shape index (κ3) is 5.97. The second-order valence-corrected chi connectivity index (χ2v) is 7.61. The van der Waals surface area contributed by atoms with E-state index in [0.29, 0.717) is 42.1 Å². The lowest BCUT2D eigenvalue weighted by molar-refractivity contribution is -0.141. The first kappa shape index (κ1) is 22.6. The summed E-state index contributed by atoms with van der Waals surface area (Å²) in [5.41, 5.74) is 1.03. The summed E-state index contributed by atoms with van der Waals surface area (Å²) in [6.45, 7) is 7.41. The van der Waals surface area contributed by atoms with Gasteiger partial charge in [0.2, 0.25) is 5.88 Å². The molecule has 3 rings (SSSR count). The fourth-order valence-electron chi connectivity index (χ4n) is 3.29. The van der Waals surface area contributed by atoms with Crippen molar-refractivity contribution in [1.29, 1.82) is 0 Å². The third-order valence-corrected chi connectivity index (χ3v) is 5.14. The van der Waals surface area contributed by atoms with E-state index in [9.17, 15) is 9.59 Å². The van der Waals surface area contributed by atoms with E-state index < -0.39 is 5.97 Å². The Morgan fingerprint density at radius 2 is 2.06 bits per heavy atom. The monoisotopic (exact) mass is 447 g/mol. The number of esters is 1. The van der Waals surface area contributed by atoms with Gasteiger partial charge in [-0.1, -0.05) is 17.7 Å². The van der Waals surface area contributed by atoms with Crippen LogP contribution >= 0.6 is 11.6 Å². The van der Waals surface area contributed by atoms with Crippen LogP contribution in [-0.2, 0) is 9.53 Å². The van der Waals surface area contributed by atoms with Gasteiger partial charge < -0.3 is 24.6 Å². The molecule has 2 heterocycles. The van der Waals surface area contributed by atoms with Gasteiger partial charge in [0.25, 0.3) is 0 Å². The zero-order chi connectivity index (χ0) is 22.4. The lowest BCUT2D eigenvalue weighted by atomic mass is 10.2. The maximum Gasteiger partial charge on any atom is 0.325 e. The number of rotatable bonds is 6. The zero-order valence-electron chi connectivity index (χ0n) is 17.8. The number of hydrogen-bond acceptors (Lipinski definition) is 7. The van der Waals surface area contributed by atoms with Gasteiger partial charge in [-0.2, -0.15) is 0 Å². The van der Waals surface area contributed by atoms with Crippen molar-refractivity contribution < 1.29 is 19.1 Å². The van der Waals surface area contributed by atoms with E-state index in [1.165, 1.54) is 6.33 Å². The van der Waals surface area contributed by atoms with Crippen molar-refractivity contribution in [3.63, 3.8) is 0 Å². The van der Waals surface area contributed by atoms with Crippen molar-refractivity contribution in [2.24, 2.45) is 0 Å². The molecule has 10 heteroatoms. The molecule has 31 heavy (non-hydrogen) atoms. The average molecular weight is 448 g/mol. The standard InChI is InChI=1S/C21H26ClN5O4/c1-4-30-20(28)11-23-21(29)27-8-7-26(12-15(27)3)18-10-19(25-13-24-18)31-17-9-14(2)5-6-16(17)22/h5-6,9-10,13,15H,4,7-8,11-12H2,1-3H3,(H,23,29)/t15-/m0/s1. The lowest BCUT2D eigenvalue weighted by Gasteiger charge is -2.40. The van der Waals surface area contributed by atoms with E-state index in [0.717, 1.165) is 5.56 Å². The van der Waals surface area contributed by atoms with E-state index in [4.69, 9.17) is 21.1 Å². The Morgan fingerprint density at radius 1 is 1.26 bits per heavy atom. The summed E-state index contributed by atoms with van der Waals surface area (Å²) in [7, 11) is 0. The summed E-state index contributed by atoms with van der Waals surface area (Å²) in [5, 5.41) is 3.11. The van der Waals surface area contributed by atoms with Crippen LogP contribution in [0.2, 0.25) is 5.02 Å². The first-order valence-electron chi connectivity index (χ1n) is 10.1. The van der Waals surface area contributed by atoms with Crippen LogP contribution in [0.5, 0.6) is 11.6 Å². The third-order valence-electron chi connectivity index (χ3n) is 4.83. The van der Waals surface area contributed by atoms with Crippen LogP contribution in [0.25, 0.3) is 0 Å². The topological polar surface area (TPSA) is 96.9 Å². The second kappa shape index (κ2) is 10.3. The maximum absolute atomic E-state index is 12.4. The normalized spacial score (nSPS) is 16.1. The summed E-state index contributed by atoms with van der Waals surface area (Å²) in [5.74, 6) is 1.17. The Balaban J connectivity index is 1.61. The van der Waals surface area contributed by atoms with Crippen LogP contribution in [0.15, 0.2) is 30.6 Å². The molecule has 2 aromatic rings. The fraction of sp³-hybridized carbons (Fsp3) is 0.429. The van der Waals surface area contributed by atoms with Crippen molar-refractivity contribution in [2.75, 3.05) is 37.7 Å². The molecular formula is C21H26ClN5O4. The van der Waals surface area contributed by atoms with Crippen LogP contribution in [0.1, 0.15) is 19.4 Å². The van der Waals surface area contributed by atoms with Gasteiger partial charge in [-0.15, -0.1) is 0 Å². The second-order valence-electron chi connectivity index (χ2n) is 7.20. The smallest absolute Gasteiger partial charge is 0.325 e. The molecule has 1 aromatic heterocycles. The number of aryl methyl sites for hydroxylation is 1. The number of anilines is 1. The minimum Gasteiger partial charge on any atom is -0.465 e. The number of carbonyl (C=O) groups excluding carboxylic acids is 2. The summed E-state index contributed by atoms with van der Waals surface area (Å²) in [4.78, 5) is 36.1. The average Bonchev–Trinajstić information content (AvgIpc) is 2.75. The van der Waals surface area contributed by atoms with Gasteiger partial charge in [0.1, 0.15) is 24.4 Å². The number of carbonyl (C=O) groups is 2. The number of hydrogen-bond donors (Lipinski definition) is 1. The highest BCUT2D eigenvalue weighted by molar-refractivity contribution is 6.32. The van der Waals surface area contributed by atoms with Gasteiger partial charge in [0.15, 0.2) is 0 Å². The Bertz CT molecular complexity index is 942. The number of nitrogens with one attached hydrogen (secondary N) is 1. The van der Waals surface area contributed by atoms with E-state index in [2.05, 4.69) is 20.2 Å². The van der Waals surface area contributed by atoms with Gasteiger partial charge in [0.05, 0.1) is 11.6 Å². The predicted molar refractivity (Wildman–Crippen MR) is 117 cm³/mol. The molecule has 1 saturated heterocycles. The minimum absolute atomic E-state index is 0.0819. The summed E-state index contributed by atoms with van der Waals surface area (Å²) in [6, 6.07) is 6.91. The Morgan fingerprint density at radius 3 is 2.81 bits per heavy atom. The number of amides is 2. The highest BCUT2D eigenvalue weighted by Crippen LogP contribution is 2.30. The highest BCUT2D eigenvalue weighted by Gasteiger charge is 2.28. The summed E-state index contributed by atoms with van der Waals surface area (Å²) < 4.78 is 10.7. The molecule has 1 aliphatic rings. The molecular weight excluding hydrogens is 422 g/mol. The molecule has 1 fully saturated rings. The quantitative estimate of drug-likeness (QED) is 0.680. The van der Waals surface area contributed by atoms with Gasteiger partial charge >= 0.3 is 12.0 Å². The minimum atomic E-state index is -0.454. The van der Waals surface area contributed by atoms with Crippen molar-refractivity contribution in [2.45, 2.75) is 26.8 Å². The molecule has 9 nitrogen and oxygen atoms in total. The highest BCUT2D eigenvalue weighted by atomic mass is 35.5. The molecule has 0 bridgehead atoms. The molecule has 1 N–H and O–H groups in total. The number of urea groups is 1. The van der Waals surface area contributed by atoms with E-state index in [1.807, 2.05) is 26.0 Å². The SMILES string of the molecule is CCOC(=O)CNC(=O)N1CCN(c2cc(Oc3cc(C)ccc3Cl)ncn2)C[C@@H]1C. The van der Waals surface area contributed by atoms with Crippen LogP contribution in [0.3, 0.4) is 0 Å². The molecule has 0 spiro atoms. The van der Waals surface area contributed by atoms with Gasteiger partial charge in [-0.05, 0) is 38.5 Å². The first-order chi connectivity index (χ1) is 14.9. The zero-order valence-corrected chi connectivity index (χ0v) is 18.6. The van der Waals surface area contributed by atoms with E-state index >= 15 is 0 Å². The number of piperazine rings is 1. The Labute approximate surface area is 186 Å². The van der Waals surface area contributed by atoms with E-state index in [-0.39, 0.29) is 25.2 Å². The van der Waals surface area contributed by atoms with Crippen LogP contribution < -0.4 is 15.0 Å². The Kier molecular flexibility index (Phi) is 7.51. The lowest BCUT2D eigenvalue weighted by Crippen LogP contribution is -2.57. The number of ether oxygens (including phenoxy) is 2. The van der Waals surface area contributed by atoms with Crippen LogP contribution in [-0.4, -0.2) is 65.7 Å². The van der Waals surface area contributed by atoms with Crippen molar-refractivity contribution in [3.05, 3.63) is 41.2 Å². The molecule has 1 atom stereocenters. The van der Waals surface area contributed by atoms with Crippen molar-refractivity contribution >= 4 is 29.4 Å². The summed E-state index contributed by atoms with van der Waals surface area (Å²) in [6.07, 6.45) is 1.44. The maximum atomic E-state index is 12.4. The molecule has 0 unspecified atom stereocenters.